The third-order valence-corrected chi connectivity index (χ3v) is 2.09. The SMILES string of the molecule is COc1cccc(C(C)C(=O)O)c1O. The summed E-state index contributed by atoms with van der Waals surface area (Å²) in [6.45, 7) is 1.51. The Morgan fingerprint density at radius 2 is 2.14 bits per heavy atom. The van der Waals surface area contributed by atoms with Crippen LogP contribution in [0.15, 0.2) is 18.2 Å². The van der Waals surface area contributed by atoms with Crippen molar-refractivity contribution in [2.45, 2.75) is 12.8 Å². The van der Waals surface area contributed by atoms with Gasteiger partial charge in [-0.25, -0.2) is 0 Å². The summed E-state index contributed by atoms with van der Waals surface area (Å²) in [5.74, 6) is -1.54. The van der Waals surface area contributed by atoms with Crippen molar-refractivity contribution in [3.05, 3.63) is 23.8 Å². The minimum Gasteiger partial charge on any atom is -0.504 e. The fraction of sp³-hybridized carbons (Fsp3) is 0.300. The number of benzene rings is 1. The normalized spacial score (nSPS) is 12.1. The van der Waals surface area contributed by atoms with Crippen molar-refractivity contribution in [1.82, 2.24) is 0 Å². The van der Waals surface area contributed by atoms with E-state index < -0.39 is 11.9 Å². The molecule has 0 spiro atoms. The first-order valence-corrected chi connectivity index (χ1v) is 4.16. The molecule has 0 aromatic heterocycles. The Morgan fingerprint density at radius 3 is 2.64 bits per heavy atom. The Bertz CT molecular complexity index is 346. The van der Waals surface area contributed by atoms with Crippen LogP contribution in [0.1, 0.15) is 18.4 Å². The number of ether oxygens (including phenoxy) is 1. The van der Waals surface area contributed by atoms with Gasteiger partial charge in [0.25, 0.3) is 0 Å². The predicted molar refractivity (Wildman–Crippen MR) is 50.7 cm³/mol. The molecule has 1 aromatic carbocycles. The average Bonchev–Trinajstić information content (AvgIpc) is 2.17. The number of para-hydroxylation sites is 1. The van der Waals surface area contributed by atoms with Gasteiger partial charge in [0, 0.05) is 5.56 Å². The van der Waals surface area contributed by atoms with Crippen molar-refractivity contribution in [2.75, 3.05) is 7.11 Å². The number of aliphatic carboxylic acids is 1. The van der Waals surface area contributed by atoms with E-state index in [0.29, 0.717) is 5.56 Å². The van der Waals surface area contributed by atoms with Gasteiger partial charge in [0.15, 0.2) is 11.5 Å². The lowest BCUT2D eigenvalue weighted by Crippen LogP contribution is -2.07. The average molecular weight is 196 g/mol. The second kappa shape index (κ2) is 4.00. The van der Waals surface area contributed by atoms with Gasteiger partial charge < -0.3 is 14.9 Å². The molecule has 0 bridgehead atoms. The Hall–Kier alpha value is -1.71. The van der Waals surface area contributed by atoms with Crippen LogP contribution in [-0.4, -0.2) is 23.3 Å². The molecule has 0 radical (unpaired) electrons. The van der Waals surface area contributed by atoms with E-state index in [1.807, 2.05) is 0 Å². The standard InChI is InChI=1S/C10H12O4/c1-6(10(12)13)7-4-3-5-8(14-2)9(7)11/h3-6,11H,1-2H3,(H,12,13). The van der Waals surface area contributed by atoms with E-state index in [0.717, 1.165) is 0 Å². The molecule has 1 unspecified atom stereocenters. The zero-order chi connectivity index (χ0) is 10.7. The maximum absolute atomic E-state index is 10.7. The maximum Gasteiger partial charge on any atom is 0.310 e. The van der Waals surface area contributed by atoms with Crippen LogP contribution in [0.2, 0.25) is 0 Å². The number of rotatable bonds is 3. The number of carbonyl (C=O) groups is 1. The van der Waals surface area contributed by atoms with Gasteiger partial charge in [-0.15, -0.1) is 0 Å². The van der Waals surface area contributed by atoms with Crippen LogP contribution >= 0.6 is 0 Å². The van der Waals surface area contributed by atoms with Crippen molar-refractivity contribution in [2.24, 2.45) is 0 Å². The summed E-state index contributed by atoms with van der Waals surface area (Å²) in [4.78, 5) is 10.7. The number of carboxylic acids is 1. The summed E-state index contributed by atoms with van der Waals surface area (Å²) in [6.07, 6.45) is 0. The molecule has 0 amide bonds. The molecule has 0 saturated heterocycles. The number of hydrogen-bond donors (Lipinski definition) is 2. The molecular formula is C10H12O4. The molecule has 0 saturated carbocycles. The van der Waals surface area contributed by atoms with Crippen molar-refractivity contribution >= 4 is 5.97 Å². The van der Waals surface area contributed by atoms with Crippen LogP contribution in [0.25, 0.3) is 0 Å². The van der Waals surface area contributed by atoms with Crippen LogP contribution in [0.5, 0.6) is 11.5 Å². The van der Waals surface area contributed by atoms with Crippen LogP contribution < -0.4 is 4.74 Å². The molecule has 1 atom stereocenters. The lowest BCUT2D eigenvalue weighted by molar-refractivity contribution is -0.138. The molecule has 4 heteroatoms. The van der Waals surface area contributed by atoms with Gasteiger partial charge in [0.1, 0.15) is 0 Å². The molecule has 0 fully saturated rings. The van der Waals surface area contributed by atoms with Gasteiger partial charge >= 0.3 is 5.97 Å². The first-order valence-electron chi connectivity index (χ1n) is 4.16. The van der Waals surface area contributed by atoms with E-state index in [1.54, 1.807) is 18.2 Å². The smallest absolute Gasteiger partial charge is 0.310 e. The van der Waals surface area contributed by atoms with Crippen LogP contribution in [0, 0.1) is 0 Å². The first kappa shape index (κ1) is 10.4. The highest BCUT2D eigenvalue weighted by Gasteiger charge is 2.19. The van der Waals surface area contributed by atoms with Gasteiger partial charge in [-0.2, -0.15) is 0 Å². The van der Waals surface area contributed by atoms with Gasteiger partial charge in [0.05, 0.1) is 13.0 Å². The summed E-state index contributed by atoms with van der Waals surface area (Å²) in [5, 5.41) is 18.4. The molecule has 1 aromatic rings. The molecule has 0 heterocycles. The first-order chi connectivity index (χ1) is 6.57. The van der Waals surface area contributed by atoms with Crippen LogP contribution in [0.4, 0.5) is 0 Å². The Balaban J connectivity index is 3.15. The lowest BCUT2D eigenvalue weighted by Gasteiger charge is -2.11. The topological polar surface area (TPSA) is 66.8 Å². The highest BCUT2D eigenvalue weighted by molar-refractivity contribution is 5.77. The van der Waals surface area contributed by atoms with Crippen molar-refractivity contribution in [1.29, 1.82) is 0 Å². The second-order valence-electron chi connectivity index (χ2n) is 2.96. The molecule has 4 nitrogen and oxygen atoms in total. The number of aromatic hydroxyl groups is 1. The largest absolute Gasteiger partial charge is 0.504 e. The minimum absolute atomic E-state index is 0.107. The molecule has 14 heavy (non-hydrogen) atoms. The maximum atomic E-state index is 10.7. The zero-order valence-corrected chi connectivity index (χ0v) is 8.02. The Kier molecular flexibility index (Phi) is 2.96. The van der Waals surface area contributed by atoms with Crippen molar-refractivity contribution in [3.8, 4) is 11.5 Å². The van der Waals surface area contributed by atoms with Crippen molar-refractivity contribution < 1.29 is 19.7 Å². The minimum atomic E-state index is -0.978. The number of phenols is 1. The van der Waals surface area contributed by atoms with E-state index in [9.17, 15) is 9.90 Å². The Labute approximate surface area is 81.8 Å². The molecule has 1 rings (SSSR count). The van der Waals surface area contributed by atoms with E-state index in [2.05, 4.69) is 0 Å². The van der Waals surface area contributed by atoms with E-state index in [4.69, 9.17) is 9.84 Å². The quantitative estimate of drug-likeness (QED) is 0.770. The molecule has 0 aliphatic heterocycles. The van der Waals surface area contributed by atoms with Gasteiger partial charge in [0.2, 0.25) is 0 Å². The summed E-state index contributed by atoms with van der Waals surface area (Å²) < 4.78 is 4.87. The highest BCUT2D eigenvalue weighted by atomic mass is 16.5. The summed E-state index contributed by atoms with van der Waals surface area (Å²) in [5.41, 5.74) is 0.358. The number of hydrogen-bond acceptors (Lipinski definition) is 3. The molecule has 2 N–H and O–H groups in total. The molecule has 0 aliphatic rings. The summed E-state index contributed by atoms with van der Waals surface area (Å²) >= 11 is 0. The summed E-state index contributed by atoms with van der Waals surface area (Å²) in [7, 11) is 1.42. The molecule has 0 aliphatic carbocycles. The third kappa shape index (κ3) is 1.79. The zero-order valence-electron chi connectivity index (χ0n) is 8.02. The van der Waals surface area contributed by atoms with Gasteiger partial charge in [-0.05, 0) is 13.0 Å². The molecular weight excluding hydrogens is 184 g/mol. The number of methoxy groups -OCH3 is 1. The van der Waals surface area contributed by atoms with E-state index >= 15 is 0 Å². The van der Waals surface area contributed by atoms with Gasteiger partial charge in [-0.1, -0.05) is 12.1 Å². The highest BCUT2D eigenvalue weighted by Crippen LogP contribution is 2.34. The van der Waals surface area contributed by atoms with Crippen molar-refractivity contribution in [3.63, 3.8) is 0 Å². The fourth-order valence-corrected chi connectivity index (χ4v) is 1.19. The third-order valence-electron chi connectivity index (χ3n) is 2.09. The fourth-order valence-electron chi connectivity index (χ4n) is 1.19. The lowest BCUT2D eigenvalue weighted by atomic mass is 10.00. The van der Waals surface area contributed by atoms with Crippen LogP contribution in [0.3, 0.4) is 0 Å². The van der Waals surface area contributed by atoms with E-state index in [1.165, 1.54) is 14.0 Å². The predicted octanol–water partition coefficient (Wildman–Crippen LogP) is 1.59. The Morgan fingerprint density at radius 1 is 1.50 bits per heavy atom. The number of phenolic OH excluding ortho intramolecular Hbond substituents is 1. The van der Waals surface area contributed by atoms with Gasteiger partial charge in [-0.3, -0.25) is 4.79 Å². The second-order valence-corrected chi connectivity index (χ2v) is 2.96. The van der Waals surface area contributed by atoms with E-state index in [-0.39, 0.29) is 11.5 Å². The summed E-state index contributed by atoms with van der Waals surface area (Å²) in [6, 6.07) is 4.79. The monoisotopic (exact) mass is 196 g/mol. The van der Waals surface area contributed by atoms with Crippen LogP contribution in [-0.2, 0) is 4.79 Å². The molecule has 76 valence electrons. The number of carboxylic acid groups (broad SMARTS) is 1.